The summed E-state index contributed by atoms with van der Waals surface area (Å²) in [6, 6.07) is 5.08. The number of rotatable bonds is 2. The summed E-state index contributed by atoms with van der Waals surface area (Å²) in [5.74, 6) is 0.509. The zero-order valence-corrected chi connectivity index (χ0v) is 11.7. The van der Waals surface area contributed by atoms with Crippen LogP contribution in [-0.2, 0) is 6.18 Å². The number of para-hydroxylation sites is 1. The molecule has 1 saturated carbocycles. The molecule has 4 unspecified atom stereocenters. The van der Waals surface area contributed by atoms with Crippen molar-refractivity contribution in [3.63, 3.8) is 0 Å². The first-order valence-electron chi connectivity index (χ1n) is 6.87. The Balaban J connectivity index is 2.22. The number of nitrogens with two attached hydrogens (primary N) is 1. The first kappa shape index (κ1) is 15.2. The minimum Gasteiger partial charge on any atom is -0.488 e. The summed E-state index contributed by atoms with van der Waals surface area (Å²) in [6.45, 7) is 4.09. The first-order valence-corrected chi connectivity index (χ1v) is 6.87. The van der Waals surface area contributed by atoms with Gasteiger partial charge in [-0.2, -0.15) is 13.2 Å². The van der Waals surface area contributed by atoms with Crippen LogP contribution in [0.2, 0.25) is 0 Å². The van der Waals surface area contributed by atoms with Gasteiger partial charge in [0.25, 0.3) is 0 Å². The minimum atomic E-state index is -4.41. The molecule has 1 aromatic rings. The molecule has 4 atom stereocenters. The van der Waals surface area contributed by atoms with Crippen molar-refractivity contribution in [3.05, 3.63) is 29.8 Å². The average Bonchev–Trinajstić information content (AvgIpc) is 2.33. The largest absolute Gasteiger partial charge is 0.488 e. The summed E-state index contributed by atoms with van der Waals surface area (Å²) in [5, 5.41) is 0. The van der Waals surface area contributed by atoms with Gasteiger partial charge in [0, 0.05) is 6.04 Å². The molecule has 0 amide bonds. The van der Waals surface area contributed by atoms with Crippen LogP contribution in [0, 0.1) is 11.8 Å². The molecule has 0 heterocycles. The van der Waals surface area contributed by atoms with Gasteiger partial charge in [-0.15, -0.1) is 0 Å². The minimum absolute atomic E-state index is 0.123. The summed E-state index contributed by atoms with van der Waals surface area (Å²) in [5.41, 5.74) is 5.32. The third-order valence-electron chi connectivity index (χ3n) is 3.89. The van der Waals surface area contributed by atoms with E-state index in [1.807, 2.05) is 6.92 Å². The Kier molecular flexibility index (Phi) is 4.28. The van der Waals surface area contributed by atoms with Crippen LogP contribution in [0.15, 0.2) is 24.3 Å². The van der Waals surface area contributed by atoms with E-state index in [4.69, 9.17) is 10.5 Å². The van der Waals surface area contributed by atoms with Crippen molar-refractivity contribution in [2.45, 2.75) is 45.0 Å². The Bertz CT molecular complexity index is 449. The number of alkyl halides is 3. The van der Waals surface area contributed by atoms with Gasteiger partial charge in [0.1, 0.15) is 11.9 Å². The van der Waals surface area contributed by atoms with E-state index in [1.165, 1.54) is 12.1 Å². The second kappa shape index (κ2) is 5.64. The van der Waals surface area contributed by atoms with Gasteiger partial charge in [-0.05, 0) is 36.8 Å². The van der Waals surface area contributed by atoms with Crippen LogP contribution in [0.1, 0.15) is 32.3 Å². The van der Waals surface area contributed by atoms with Gasteiger partial charge in [0.15, 0.2) is 0 Å². The van der Waals surface area contributed by atoms with E-state index in [9.17, 15) is 13.2 Å². The summed E-state index contributed by atoms with van der Waals surface area (Å²) < 4.78 is 44.5. The van der Waals surface area contributed by atoms with Crippen molar-refractivity contribution in [1.82, 2.24) is 0 Å². The molecule has 112 valence electrons. The van der Waals surface area contributed by atoms with Gasteiger partial charge >= 0.3 is 6.18 Å². The van der Waals surface area contributed by atoms with Crippen molar-refractivity contribution in [2.75, 3.05) is 0 Å². The average molecular weight is 287 g/mol. The van der Waals surface area contributed by atoms with Crippen LogP contribution in [0.5, 0.6) is 5.75 Å². The lowest BCUT2D eigenvalue weighted by Crippen LogP contribution is -2.48. The maximum Gasteiger partial charge on any atom is 0.419 e. The van der Waals surface area contributed by atoms with E-state index in [1.54, 1.807) is 6.07 Å². The van der Waals surface area contributed by atoms with Crippen molar-refractivity contribution in [2.24, 2.45) is 17.6 Å². The van der Waals surface area contributed by atoms with E-state index in [-0.39, 0.29) is 23.8 Å². The highest BCUT2D eigenvalue weighted by Gasteiger charge is 2.37. The maximum atomic E-state index is 12.9. The molecule has 1 aliphatic carbocycles. The number of hydrogen-bond donors (Lipinski definition) is 1. The first-order chi connectivity index (χ1) is 9.29. The zero-order valence-electron chi connectivity index (χ0n) is 11.7. The Morgan fingerprint density at radius 1 is 1.15 bits per heavy atom. The molecule has 1 aliphatic rings. The Morgan fingerprint density at radius 3 is 2.40 bits per heavy atom. The van der Waals surface area contributed by atoms with Gasteiger partial charge in [0.2, 0.25) is 0 Å². The van der Waals surface area contributed by atoms with Crippen LogP contribution in [0.25, 0.3) is 0 Å². The summed E-state index contributed by atoms with van der Waals surface area (Å²) in [4.78, 5) is 0. The second-order valence-electron chi connectivity index (χ2n) is 5.79. The van der Waals surface area contributed by atoms with Crippen LogP contribution < -0.4 is 10.5 Å². The molecule has 0 radical (unpaired) electrons. The molecular formula is C15H20F3NO. The van der Waals surface area contributed by atoms with Crippen LogP contribution in [-0.4, -0.2) is 12.1 Å². The molecule has 0 bridgehead atoms. The fourth-order valence-corrected chi connectivity index (χ4v) is 3.04. The van der Waals surface area contributed by atoms with Gasteiger partial charge in [-0.1, -0.05) is 26.0 Å². The molecule has 2 rings (SSSR count). The third-order valence-corrected chi connectivity index (χ3v) is 3.89. The monoisotopic (exact) mass is 287 g/mol. The van der Waals surface area contributed by atoms with Crippen molar-refractivity contribution in [1.29, 1.82) is 0 Å². The van der Waals surface area contributed by atoms with E-state index in [2.05, 4.69) is 6.92 Å². The lowest BCUT2D eigenvalue weighted by molar-refractivity contribution is -0.139. The van der Waals surface area contributed by atoms with Crippen molar-refractivity contribution >= 4 is 0 Å². The van der Waals surface area contributed by atoms with Gasteiger partial charge in [0.05, 0.1) is 5.56 Å². The molecule has 1 fully saturated rings. The van der Waals surface area contributed by atoms with Gasteiger partial charge in [-0.3, -0.25) is 0 Å². The Hall–Kier alpha value is -1.23. The van der Waals surface area contributed by atoms with E-state index in [0.717, 1.165) is 18.9 Å². The predicted octanol–water partition coefficient (Wildman–Crippen LogP) is 3.85. The lowest BCUT2D eigenvalue weighted by Gasteiger charge is -2.38. The molecule has 0 aliphatic heterocycles. The molecule has 20 heavy (non-hydrogen) atoms. The molecule has 0 aromatic heterocycles. The standard InChI is InChI=1S/C15H20F3NO/c1-9-7-10(2)14(12(19)8-9)20-13-6-4-3-5-11(13)15(16,17)18/h3-6,9-10,12,14H,7-8,19H2,1-2H3. The number of hydrogen-bond acceptors (Lipinski definition) is 2. The van der Waals surface area contributed by atoms with Gasteiger partial charge in [-0.25, -0.2) is 0 Å². The van der Waals surface area contributed by atoms with Crippen LogP contribution in [0.4, 0.5) is 13.2 Å². The van der Waals surface area contributed by atoms with Crippen LogP contribution >= 0.6 is 0 Å². The summed E-state index contributed by atoms with van der Waals surface area (Å²) >= 11 is 0. The zero-order chi connectivity index (χ0) is 14.9. The van der Waals surface area contributed by atoms with E-state index >= 15 is 0 Å². The van der Waals surface area contributed by atoms with Gasteiger partial charge < -0.3 is 10.5 Å². The molecule has 2 nitrogen and oxygen atoms in total. The van der Waals surface area contributed by atoms with Crippen molar-refractivity contribution in [3.8, 4) is 5.75 Å². The van der Waals surface area contributed by atoms with E-state index < -0.39 is 11.7 Å². The normalized spacial score (nSPS) is 31.1. The van der Waals surface area contributed by atoms with Crippen LogP contribution in [0.3, 0.4) is 0 Å². The highest BCUT2D eigenvalue weighted by Crippen LogP contribution is 2.38. The smallest absolute Gasteiger partial charge is 0.419 e. The Morgan fingerprint density at radius 2 is 1.80 bits per heavy atom. The number of benzene rings is 1. The predicted molar refractivity (Wildman–Crippen MR) is 71.4 cm³/mol. The fraction of sp³-hybridized carbons (Fsp3) is 0.600. The molecule has 1 aromatic carbocycles. The number of halogens is 3. The highest BCUT2D eigenvalue weighted by atomic mass is 19.4. The molecule has 5 heteroatoms. The second-order valence-corrected chi connectivity index (χ2v) is 5.79. The SMILES string of the molecule is CC1CC(C)C(Oc2ccccc2C(F)(F)F)C(N)C1. The Labute approximate surface area is 117 Å². The fourth-order valence-electron chi connectivity index (χ4n) is 3.04. The quantitative estimate of drug-likeness (QED) is 0.896. The molecular weight excluding hydrogens is 267 g/mol. The highest BCUT2D eigenvalue weighted by molar-refractivity contribution is 5.35. The van der Waals surface area contributed by atoms with E-state index in [0.29, 0.717) is 5.92 Å². The molecule has 0 saturated heterocycles. The maximum absolute atomic E-state index is 12.9. The summed E-state index contributed by atoms with van der Waals surface area (Å²) in [7, 11) is 0. The molecule has 2 N–H and O–H groups in total. The summed E-state index contributed by atoms with van der Waals surface area (Å²) in [6.07, 6.45) is -3.07. The molecule has 0 spiro atoms. The lowest BCUT2D eigenvalue weighted by atomic mass is 9.78. The topological polar surface area (TPSA) is 35.2 Å². The third kappa shape index (κ3) is 3.26. The van der Waals surface area contributed by atoms with Crippen molar-refractivity contribution < 1.29 is 17.9 Å². The number of ether oxygens (including phenoxy) is 1.